The number of nitrogens with one attached hydrogen (secondary N) is 2. The molecule has 3 unspecified atom stereocenters. The summed E-state index contributed by atoms with van der Waals surface area (Å²) in [5.74, 6) is 0.622. The number of carbonyl (C=O) groups is 1. The van der Waals surface area contributed by atoms with Crippen molar-refractivity contribution in [3.05, 3.63) is 35.6 Å². The van der Waals surface area contributed by atoms with Gasteiger partial charge in [-0.15, -0.1) is 0 Å². The summed E-state index contributed by atoms with van der Waals surface area (Å²) >= 11 is 0. The van der Waals surface area contributed by atoms with Crippen molar-refractivity contribution in [2.24, 2.45) is 5.92 Å². The Morgan fingerprint density at radius 2 is 2.33 bits per heavy atom. The monoisotopic (exact) mass is 281 g/mol. The molecule has 5 heteroatoms. The van der Waals surface area contributed by atoms with Crippen LogP contribution >= 0.6 is 0 Å². The van der Waals surface area contributed by atoms with E-state index in [0.717, 1.165) is 24.8 Å². The number of nitrogens with zero attached hydrogens (tertiary/aromatic N) is 1. The lowest BCUT2D eigenvalue weighted by Gasteiger charge is -2.23. The molecule has 1 saturated heterocycles. The molecule has 5 nitrogen and oxygen atoms in total. The van der Waals surface area contributed by atoms with Crippen LogP contribution in [0.3, 0.4) is 0 Å². The van der Waals surface area contributed by atoms with Gasteiger partial charge in [-0.3, -0.25) is 4.79 Å². The van der Waals surface area contributed by atoms with Crippen molar-refractivity contribution >= 4 is 16.9 Å². The lowest BCUT2D eigenvalue weighted by molar-refractivity contribution is 0.0928. The first-order valence-electron chi connectivity index (χ1n) is 7.20. The predicted molar refractivity (Wildman–Crippen MR) is 76.7 cm³/mol. The molecule has 2 heterocycles. The quantitative estimate of drug-likeness (QED) is 0.879. The van der Waals surface area contributed by atoms with Crippen molar-refractivity contribution in [1.82, 2.24) is 10.6 Å². The lowest BCUT2D eigenvalue weighted by atomic mass is 10.1. The summed E-state index contributed by atoms with van der Waals surface area (Å²) in [5.41, 5.74) is 1.64. The molecule has 0 radical (unpaired) electrons. The number of amides is 1. The number of benzene rings is 1. The van der Waals surface area contributed by atoms with E-state index in [-0.39, 0.29) is 11.9 Å². The Kier molecular flexibility index (Phi) is 2.72. The molecule has 4 rings (SSSR count). The Morgan fingerprint density at radius 3 is 3.05 bits per heavy atom. The highest BCUT2D eigenvalue weighted by Gasteiger charge is 2.40. The normalized spacial score (nSPS) is 26.9. The number of furan rings is 1. The fourth-order valence-electron chi connectivity index (χ4n) is 3.52. The molecule has 1 amide bonds. The molecule has 0 spiro atoms. The third-order valence-electron chi connectivity index (χ3n) is 4.60. The minimum Gasteiger partial charge on any atom is -0.463 e. The summed E-state index contributed by atoms with van der Waals surface area (Å²) in [4.78, 5) is 12.4. The zero-order valence-electron chi connectivity index (χ0n) is 11.4. The first-order valence-corrected chi connectivity index (χ1v) is 7.20. The Labute approximate surface area is 121 Å². The molecule has 2 aliphatic rings. The van der Waals surface area contributed by atoms with E-state index in [9.17, 15) is 4.79 Å². The highest BCUT2D eigenvalue weighted by Crippen LogP contribution is 2.31. The third kappa shape index (κ3) is 1.99. The van der Waals surface area contributed by atoms with Gasteiger partial charge in [-0.2, -0.15) is 5.26 Å². The van der Waals surface area contributed by atoms with Gasteiger partial charge in [0.1, 0.15) is 17.9 Å². The van der Waals surface area contributed by atoms with Gasteiger partial charge in [0.05, 0.1) is 5.56 Å². The van der Waals surface area contributed by atoms with E-state index in [1.54, 1.807) is 18.2 Å². The van der Waals surface area contributed by atoms with E-state index in [1.807, 2.05) is 0 Å². The van der Waals surface area contributed by atoms with E-state index < -0.39 is 0 Å². The molecule has 1 aromatic heterocycles. The number of piperidine rings is 1. The second-order valence-electron chi connectivity index (χ2n) is 5.90. The SMILES string of the molecule is N#Cc1coc2cc(C(=O)NC3CC4CNC3C4)ccc12. The summed E-state index contributed by atoms with van der Waals surface area (Å²) in [6, 6.07) is 7.92. The molecule has 1 aliphatic heterocycles. The van der Waals surface area contributed by atoms with Gasteiger partial charge in [0.2, 0.25) is 0 Å². The van der Waals surface area contributed by atoms with Crippen LogP contribution in [0, 0.1) is 17.2 Å². The zero-order chi connectivity index (χ0) is 14.4. The fourth-order valence-corrected chi connectivity index (χ4v) is 3.52. The molecule has 2 bridgehead atoms. The average molecular weight is 281 g/mol. The number of rotatable bonds is 2. The van der Waals surface area contributed by atoms with Gasteiger partial charge >= 0.3 is 0 Å². The molecule has 2 fully saturated rings. The van der Waals surface area contributed by atoms with Crippen LogP contribution in [-0.2, 0) is 0 Å². The highest BCUT2D eigenvalue weighted by atomic mass is 16.3. The lowest BCUT2D eigenvalue weighted by Crippen LogP contribution is -2.47. The molecule has 2 N–H and O–H groups in total. The Balaban J connectivity index is 1.55. The predicted octanol–water partition coefficient (Wildman–Crippen LogP) is 1.78. The molecule has 1 aliphatic carbocycles. The molecule has 2 aromatic rings. The number of nitriles is 1. The Morgan fingerprint density at radius 1 is 1.43 bits per heavy atom. The maximum absolute atomic E-state index is 12.4. The van der Waals surface area contributed by atoms with Crippen molar-refractivity contribution < 1.29 is 9.21 Å². The smallest absolute Gasteiger partial charge is 0.251 e. The van der Waals surface area contributed by atoms with Gasteiger partial charge in [-0.05, 0) is 43.5 Å². The van der Waals surface area contributed by atoms with Crippen molar-refractivity contribution in [1.29, 1.82) is 5.26 Å². The first kappa shape index (κ1) is 12.4. The van der Waals surface area contributed by atoms with Crippen LogP contribution in [-0.4, -0.2) is 24.5 Å². The summed E-state index contributed by atoms with van der Waals surface area (Å²) in [6.07, 6.45) is 3.64. The summed E-state index contributed by atoms with van der Waals surface area (Å²) < 4.78 is 5.34. The van der Waals surface area contributed by atoms with Gasteiger partial charge in [0.25, 0.3) is 5.91 Å². The minimum absolute atomic E-state index is 0.0776. The molecule has 1 aromatic carbocycles. The second-order valence-corrected chi connectivity index (χ2v) is 5.90. The third-order valence-corrected chi connectivity index (χ3v) is 4.60. The fraction of sp³-hybridized carbons (Fsp3) is 0.375. The molecular formula is C16H15N3O2. The largest absolute Gasteiger partial charge is 0.463 e. The molecule has 3 atom stereocenters. The van der Waals surface area contributed by atoms with Crippen molar-refractivity contribution in [2.75, 3.05) is 6.54 Å². The van der Waals surface area contributed by atoms with E-state index in [0.29, 0.717) is 28.7 Å². The molecule has 106 valence electrons. The Bertz CT molecular complexity index is 758. The Hall–Kier alpha value is -2.32. The molecular weight excluding hydrogens is 266 g/mol. The van der Waals surface area contributed by atoms with E-state index in [1.165, 1.54) is 6.26 Å². The number of hydrogen-bond acceptors (Lipinski definition) is 4. The van der Waals surface area contributed by atoms with Gasteiger partial charge in [0.15, 0.2) is 0 Å². The van der Waals surface area contributed by atoms with Crippen LogP contribution in [0.2, 0.25) is 0 Å². The van der Waals surface area contributed by atoms with Crippen LogP contribution in [0.15, 0.2) is 28.9 Å². The van der Waals surface area contributed by atoms with Crippen LogP contribution in [0.1, 0.15) is 28.8 Å². The minimum atomic E-state index is -0.0776. The standard InChI is InChI=1S/C16H15N3O2/c17-6-11-8-21-15-5-10(1-2-12(11)15)16(20)19-14-4-9-3-13(14)18-7-9/h1-2,5,8-9,13-14,18H,3-4,7H2,(H,19,20). The van der Waals surface area contributed by atoms with Gasteiger partial charge in [-0.25, -0.2) is 0 Å². The van der Waals surface area contributed by atoms with E-state index in [4.69, 9.17) is 9.68 Å². The van der Waals surface area contributed by atoms with Crippen molar-refractivity contribution in [3.63, 3.8) is 0 Å². The van der Waals surface area contributed by atoms with Crippen LogP contribution in [0.4, 0.5) is 0 Å². The topological polar surface area (TPSA) is 78.1 Å². The van der Waals surface area contributed by atoms with E-state index in [2.05, 4.69) is 16.7 Å². The molecule has 1 saturated carbocycles. The summed E-state index contributed by atoms with van der Waals surface area (Å²) in [7, 11) is 0. The maximum Gasteiger partial charge on any atom is 0.251 e. The zero-order valence-corrected chi connectivity index (χ0v) is 11.4. The summed E-state index contributed by atoms with van der Waals surface area (Å²) in [5, 5.41) is 16.2. The highest BCUT2D eigenvalue weighted by molar-refractivity contribution is 5.98. The summed E-state index contributed by atoms with van der Waals surface area (Å²) in [6.45, 7) is 1.08. The average Bonchev–Trinajstić information content (AvgIpc) is 3.21. The number of hydrogen-bond donors (Lipinski definition) is 2. The van der Waals surface area contributed by atoms with Gasteiger partial charge in [0, 0.05) is 23.0 Å². The van der Waals surface area contributed by atoms with Crippen LogP contribution in [0.5, 0.6) is 0 Å². The number of carbonyl (C=O) groups excluding carboxylic acids is 1. The molecule has 21 heavy (non-hydrogen) atoms. The maximum atomic E-state index is 12.4. The second kappa shape index (κ2) is 4.61. The van der Waals surface area contributed by atoms with Crippen LogP contribution in [0.25, 0.3) is 11.0 Å². The van der Waals surface area contributed by atoms with Crippen molar-refractivity contribution in [2.45, 2.75) is 24.9 Å². The van der Waals surface area contributed by atoms with Crippen molar-refractivity contribution in [3.8, 4) is 6.07 Å². The van der Waals surface area contributed by atoms with Crippen LogP contribution < -0.4 is 10.6 Å². The van der Waals surface area contributed by atoms with Gasteiger partial charge in [-0.1, -0.05) is 0 Å². The van der Waals surface area contributed by atoms with Gasteiger partial charge < -0.3 is 15.1 Å². The number of fused-ring (bicyclic) bond motifs is 3. The van der Waals surface area contributed by atoms with E-state index >= 15 is 0 Å². The first-order chi connectivity index (χ1) is 10.2.